The van der Waals surface area contributed by atoms with E-state index < -0.39 is 18.0 Å². The molecule has 2 aromatic rings. The number of unbranched alkanes of at least 4 members (excludes halogenated alkanes) is 9. The van der Waals surface area contributed by atoms with E-state index in [-0.39, 0.29) is 0 Å². The van der Waals surface area contributed by atoms with Gasteiger partial charge in [0, 0.05) is 29.2 Å². The van der Waals surface area contributed by atoms with Crippen molar-refractivity contribution in [1.82, 2.24) is 0 Å². The van der Waals surface area contributed by atoms with Gasteiger partial charge in [0.25, 0.3) is 0 Å². The number of benzene rings is 2. The van der Waals surface area contributed by atoms with Crippen LogP contribution in [0.2, 0.25) is 5.02 Å². The molecule has 5 nitrogen and oxygen atoms in total. The highest BCUT2D eigenvalue weighted by Crippen LogP contribution is 2.14. The quantitative estimate of drug-likeness (QED) is 0.153. The average Bonchev–Trinajstić information content (AvgIpc) is 2.85. The van der Waals surface area contributed by atoms with E-state index in [9.17, 15) is 9.59 Å². The first kappa shape index (κ1) is 28.3. The van der Waals surface area contributed by atoms with E-state index in [1.807, 2.05) is 36.4 Å². The van der Waals surface area contributed by atoms with Crippen molar-refractivity contribution in [3.63, 3.8) is 0 Å². The molecule has 0 aliphatic rings. The number of hydrogen-bond acceptors (Lipinski definition) is 4. The van der Waals surface area contributed by atoms with Crippen molar-refractivity contribution in [2.75, 3.05) is 11.9 Å². The smallest absolute Gasteiger partial charge is 0.344 e. The summed E-state index contributed by atoms with van der Waals surface area (Å²) in [6.07, 6.45) is 10.9. The van der Waals surface area contributed by atoms with Gasteiger partial charge < -0.3 is 15.2 Å². The van der Waals surface area contributed by atoms with Crippen LogP contribution in [-0.4, -0.2) is 29.7 Å². The Morgan fingerprint density at radius 1 is 0.886 bits per heavy atom. The van der Waals surface area contributed by atoms with E-state index in [0.29, 0.717) is 5.56 Å². The number of nitrogens with one attached hydrogen (secondary N) is 1. The highest BCUT2D eigenvalue weighted by molar-refractivity contribution is 6.30. The molecule has 0 saturated carbocycles. The van der Waals surface area contributed by atoms with Crippen LogP contribution in [0.25, 0.3) is 0 Å². The van der Waals surface area contributed by atoms with Gasteiger partial charge in [-0.15, -0.1) is 0 Å². The molecular weight excluding hydrogens is 462 g/mol. The summed E-state index contributed by atoms with van der Waals surface area (Å²) in [5, 5.41) is 12.9. The van der Waals surface area contributed by atoms with E-state index >= 15 is 0 Å². The third-order valence-corrected chi connectivity index (χ3v) is 5.89. The van der Waals surface area contributed by atoms with Crippen LogP contribution in [0, 0.1) is 11.8 Å². The molecule has 0 saturated heterocycles. The lowest BCUT2D eigenvalue weighted by Gasteiger charge is -2.10. The zero-order valence-corrected chi connectivity index (χ0v) is 21.3. The average molecular weight is 498 g/mol. The molecule has 188 valence electrons. The Morgan fingerprint density at radius 3 is 2.06 bits per heavy atom. The summed E-state index contributed by atoms with van der Waals surface area (Å²) < 4.78 is 4.87. The van der Waals surface area contributed by atoms with Crippen LogP contribution in [0.4, 0.5) is 5.69 Å². The minimum Gasteiger partial charge on any atom is -0.479 e. The summed E-state index contributed by atoms with van der Waals surface area (Å²) in [6.45, 7) is 2.22. The van der Waals surface area contributed by atoms with Crippen molar-refractivity contribution in [3.05, 3.63) is 64.7 Å². The van der Waals surface area contributed by atoms with Gasteiger partial charge in [0.05, 0.1) is 5.56 Å². The number of halogens is 1. The fraction of sp³-hybridized carbons (Fsp3) is 0.448. The lowest BCUT2D eigenvalue weighted by molar-refractivity contribution is -0.146. The van der Waals surface area contributed by atoms with E-state index in [2.05, 4.69) is 17.2 Å². The van der Waals surface area contributed by atoms with E-state index in [4.69, 9.17) is 21.4 Å². The number of carboxylic acid groups (broad SMARTS) is 1. The number of ether oxygens (including phenoxy) is 1. The van der Waals surface area contributed by atoms with Crippen molar-refractivity contribution < 1.29 is 19.4 Å². The van der Waals surface area contributed by atoms with Crippen LogP contribution >= 0.6 is 11.6 Å². The third kappa shape index (κ3) is 12.3. The molecule has 35 heavy (non-hydrogen) atoms. The monoisotopic (exact) mass is 497 g/mol. The van der Waals surface area contributed by atoms with Gasteiger partial charge in [0.15, 0.2) is 6.10 Å². The van der Waals surface area contributed by atoms with Crippen LogP contribution in [0.1, 0.15) is 87.1 Å². The molecule has 2 rings (SSSR count). The Bertz CT molecular complexity index is 961. The second-order valence-electron chi connectivity index (χ2n) is 8.63. The number of carboxylic acids is 1. The number of carbonyl (C=O) groups excluding carboxylic acids is 1. The Morgan fingerprint density at radius 2 is 1.46 bits per heavy atom. The lowest BCUT2D eigenvalue weighted by atomic mass is 10.1. The maximum Gasteiger partial charge on any atom is 0.344 e. The lowest BCUT2D eigenvalue weighted by Crippen LogP contribution is -2.23. The molecule has 1 atom stereocenters. The molecule has 0 aliphatic heterocycles. The summed E-state index contributed by atoms with van der Waals surface area (Å²) in [7, 11) is 0. The summed E-state index contributed by atoms with van der Waals surface area (Å²) in [5.74, 6) is 4.63. The normalized spacial score (nSPS) is 11.3. The third-order valence-electron chi connectivity index (χ3n) is 5.64. The molecular formula is C29H36ClNO4. The molecule has 1 unspecified atom stereocenters. The molecule has 0 fully saturated rings. The summed E-state index contributed by atoms with van der Waals surface area (Å²) in [5.41, 5.74) is 2.30. The molecule has 2 N–H and O–H groups in total. The Kier molecular flexibility index (Phi) is 13.4. The summed E-state index contributed by atoms with van der Waals surface area (Å²) in [6, 6.07) is 14.6. The maximum atomic E-state index is 11.9. The van der Waals surface area contributed by atoms with Crippen molar-refractivity contribution in [2.24, 2.45) is 0 Å². The largest absolute Gasteiger partial charge is 0.479 e. The van der Waals surface area contributed by atoms with Gasteiger partial charge in [-0.05, 0) is 68.3 Å². The minimum atomic E-state index is -1.16. The van der Waals surface area contributed by atoms with Crippen LogP contribution in [-0.2, 0) is 9.53 Å². The van der Waals surface area contributed by atoms with Gasteiger partial charge in [-0.25, -0.2) is 9.59 Å². The number of hydrogen-bond donors (Lipinski definition) is 2. The van der Waals surface area contributed by atoms with Crippen LogP contribution in [0.5, 0.6) is 0 Å². The zero-order valence-electron chi connectivity index (χ0n) is 20.5. The van der Waals surface area contributed by atoms with Crippen molar-refractivity contribution in [1.29, 1.82) is 0 Å². The molecule has 0 amide bonds. The first-order chi connectivity index (χ1) is 17.0. The van der Waals surface area contributed by atoms with E-state index in [0.717, 1.165) is 42.1 Å². The van der Waals surface area contributed by atoms with Crippen LogP contribution in [0.15, 0.2) is 48.5 Å². The van der Waals surface area contributed by atoms with Gasteiger partial charge in [0.2, 0.25) is 0 Å². The highest BCUT2D eigenvalue weighted by Gasteiger charge is 2.17. The fourth-order valence-corrected chi connectivity index (χ4v) is 3.64. The topological polar surface area (TPSA) is 75.6 Å². The second kappa shape index (κ2) is 16.6. The maximum absolute atomic E-state index is 11.9. The van der Waals surface area contributed by atoms with Gasteiger partial charge >= 0.3 is 11.9 Å². The van der Waals surface area contributed by atoms with Gasteiger partial charge in [-0.1, -0.05) is 68.4 Å². The SMILES string of the molecule is CC(OC(=O)c1ccc(NCCCCCCCCCCCC#Cc2ccc(Cl)cc2)cc1)C(=O)O. The molecule has 2 aromatic carbocycles. The van der Waals surface area contributed by atoms with E-state index in [1.165, 1.54) is 51.9 Å². The molecule has 0 spiro atoms. The van der Waals surface area contributed by atoms with Gasteiger partial charge in [0.1, 0.15) is 0 Å². The van der Waals surface area contributed by atoms with Gasteiger partial charge in [-0.2, -0.15) is 0 Å². The van der Waals surface area contributed by atoms with Crippen molar-refractivity contribution in [3.8, 4) is 11.8 Å². The molecule has 0 bridgehead atoms. The Balaban J connectivity index is 1.42. The minimum absolute atomic E-state index is 0.342. The number of aliphatic carboxylic acids is 1. The van der Waals surface area contributed by atoms with Crippen LogP contribution < -0.4 is 5.32 Å². The number of carbonyl (C=O) groups is 2. The molecule has 0 aliphatic carbocycles. The first-order valence-corrected chi connectivity index (χ1v) is 12.9. The predicted octanol–water partition coefficient (Wildman–Crippen LogP) is 7.33. The Labute approximate surface area is 214 Å². The molecule has 0 aromatic heterocycles. The van der Waals surface area contributed by atoms with E-state index in [1.54, 1.807) is 12.1 Å². The zero-order chi connectivity index (χ0) is 25.3. The Hall–Kier alpha value is -2.97. The molecule has 0 radical (unpaired) electrons. The number of anilines is 1. The van der Waals surface area contributed by atoms with Gasteiger partial charge in [-0.3, -0.25) is 0 Å². The fourth-order valence-electron chi connectivity index (χ4n) is 3.51. The number of esters is 1. The molecule has 0 heterocycles. The standard InChI is InChI=1S/C29H36ClNO4/c1-23(28(32)33)35-29(34)25-16-20-27(21-17-25)31-22-12-10-8-6-4-2-3-5-7-9-11-13-24-14-18-26(30)19-15-24/h14-21,23,31H,2-10,12,22H2,1H3,(H,32,33). The number of rotatable bonds is 15. The highest BCUT2D eigenvalue weighted by atomic mass is 35.5. The first-order valence-electron chi connectivity index (χ1n) is 12.5. The van der Waals surface area contributed by atoms with Crippen LogP contribution in [0.3, 0.4) is 0 Å². The second-order valence-corrected chi connectivity index (χ2v) is 9.07. The van der Waals surface area contributed by atoms with Crippen molar-refractivity contribution >= 4 is 29.2 Å². The summed E-state index contributed by atoms with van der Waals surface area (Å²) in [4.78, 5) is 22.7. The molecule has 6 heteroatoms. The predicted molar refractivity (Wildman–Crippen MR) is 142 cm³/mol. The summed E-state index contributed by atoms with van der Waals surface area (Å²) >= 11 is 5.88. The van der Waals surface area contributed by atoms with Crippen molar-refractivity contribution in [2.45, 2.75) is 77.2 Å².